The fourth-order valence-corrected chi connectivity index (χ4v) is 3.99. The van der Waals surface area contributed by atoms with E-state index in [9.17, 15) is 16.8 Å². The maximum absolute atomic E-state index is 12.2. The minimum Gasteiger partial charge on any atom is -0.398 e. The van der Waals surface area contributed by atoms with Gasteiger partial charge in [0.2, 0.25) is 20.0 Å². The molecule has 0 saturated heterocycles. The summed E-state index contributed by atoms with van der Waals surface area (Å²) in [5.74, 6) is -0.339. The van der Waals surface area contributed by atoms with Crippen LogP contribution >= 0.6 is 11.6 Å². The first kappa shape index (κ1) is 18.2. The van der Waals surface area contributed by atoms with Gasteiger partial charge in [-0.05, 0) is 24.6 Å². The number of hydrogen-bond acceptors (Lipinski definition) is 5. The van der Waals surface area contributed by atoms with Gasteiger partial charge in [-0.3, -0.25) is 0 Å². The molecule has 0 unspecified atom stereocenters. The number of hydrogen-bond donors (Lipinski definition) is 2. The molecule has 0 aliphatic heterocycles. The smallest absolute Gasteiger partial charge is 0.240 e. The molecule has 0 bridgehead atoms. The second-order valence-corrected chi connectivity index (χ2v) is 9.09. The van der Waals surface area contributed by atoms with Gasteiger partial charge < -0.3 is 5.73 Å². The summed E-state index contributed by atoms with van der Waals surface area (Å²) >= 11 is 5.80. The van der Waals surface area contributed by atoms with Crippen LogP contribution in [-0.4, -0.2) is 47.5 Å². The SMILES string of the molecule is Cc1c(N)cc(Cl)cc1S(=O)(=O)NCCS(=O)(=O)N(C)C. The lowest BCUT2D eigenvalue weighted by atomic mass is 10.2. The molecule has 0 amide bonds. The lowest BCUT2D eigenvalue weighted by molar-refractivity contribution is 0.519. The molecule has 0 aliphatic carbocycles. The van der Waals surface area contributed by atoms with Crippen molar-refractivity contribution < 1.29 is 16.8 Å². The van der Waals surface area contributed by atoms with Crippen molar-refractivity contribution in [2.24, 2.45) is 0 Å². The van der Waals surface area contributed by atoms with E-state index in [2.05, 4.69) is 4.72 Å². The molecule has 0 spiro atoms. The predicted octanol–water partition coefficient (Wildman–Crippen LogP) is 0.400. The minimum atomic E-state index is -3.88. The number of nitrogens with zero attached hydrogens (tertiary/aromatic N) is 1. The maximum Gasteiger partial charge on any atom is 0.240 e. The first-order valence-electron chi connectivity index (χ1n) is 5.93. The third kappa shape index (κ3) is 4.55. The van der Waals surface area contributed by atoms with Crippen LogP contribution in [0.5, 0.6) is 0 Å². The summed E-state index contributed by atoms with van der Waals surface area (Å²) in [4.78, 5) is -0.0604. The maximum atomic E-state index is 12.2. The molecule has 0 atom stereocenters. The van der Waals surface area contributed by atoms with Crippen molar-refractivity contribution in [3.05, 3.63) is 22.7 Å². The summed E-state index contributed by atoms with van der Waals surface area (Å²) in [5.41, 5.74) is 6.29. The number of nitrogens with two attached hydrogens (primary N) is 1. The predicted molar refractivity (Wildman–Crippen MR) is 83.3 cm³/mol. The molecule has 1 rings (SSSR count). The van der Waals surface area contributed by atoms with Gasteiger partial charge in [-0.25, -0.2) is 25.9 Å². The Morgan fingerprint density at radius 1 is 1.24 bits per heavy atom. The van der Waals surface area contributed by atoms with Crippen molar-refractivity contribution in [3.8, 4) is 0 Å². The van der Waals surface area contributed by atoms with E-state index in [0.29, 0.717) is 5.56 Å². The topological polar surface area (TPSA) is 110 Å². The van der Waals surface area contributed by atoms with Crippen molar-refractivity contribution in [1.29, 1.82) is 0 Å². The first-order chi connectivity index (χ1) is 9.47. The van der Waals surface area contributed by atoms with Crippen LogP contribution in [0.25, 0.3) is 0 Å². The Labute approximate surface area is 130 Å². The zero-order valence-electron chi connectivity index (χ0n) is 11.9. The van der Waals surface area contributed by atoms with Gasteiger partial charge >= 0.3 is 0 Å². The Kier molecular flexibility index (Phi) is 5.62. The summed E-state index contributed by atoms with van der Waals surface area (Å²) in [6.45, 7) is 1.31. The lowest BCUT2D eigenvalue weighted by Crippen LogP contribution is -2.34. The molecule has 0 heterocycles. The van der Waals surface area contributed by atoms with Crippen LogP contribution in [0.3, 0.4) is 0 Å². The highest BCUT2D eigenvalue weighted by Crippen LogP contribution is 2.25. The fourth-order valence-electron chi connectivity index (χ4n) is 1.52. The number of sulfonamides is 2. The minimum absolute atomic E-state index is 0.0604. The molecule has 0 radical (unpaired) electrons. The highest BCUT2D eigenvalue weighted by atomic mass is 35.5. The largest absolute Gasteiger partial charge is 0.398 e. The standard InChI is InChI=1S/C11H18ClN3O4S2/c1-8-10(13)6-9(12)7-11(8)21(18,19)14-4-5-20(16,17)15(2)3/h6-7,14H,4-5,13H2,1-3H3. The fraction of sp³-hybridized carbons (Fsp3) is 0.455. The van der Waals surface area contributed by atoms with E-state index in [0.717, 1.165) is 4.31 Å². The molecular weight excluding hydrogens is 338 g/mol. The van der Waals surface area contributed by atoms with Crippen molar-refractivity contribution in [2.45, 2.75) is 11.8 Å². The van der Waals surface area contributed by atoms with E-state index in [1.54, 1.807) is 6.92 Å². The Morgan fingerprint density at radius 2 is 1.81 bits per heavy atom. The third-order valence-corrected chi connectivity index (χ3v) is 6.50. The molecule has 21 heavy (non-hydrogen) atoms. The summed E-state index contributed by atoms with van der Waals surface area (Å²) < 4.78 is 50.8. The number of anilines is 1. The average molecular weight is 356 g/mol. The van der Waals surface area contributed by atoms with Crippen molar-refractivity contribution in [2.75, 3.05) is 32.1 Å². The average Bonchev–Trinajstić information content (AvgIpc) is 2.32. The Bertz CT molecular complexity index is 730. The second-order valence-electron chi connectivity index (χ2n) is 4.61. The Hall–Kier alpha value is -0.870. The molecular formula is C11H18ClN3O4S2. The lowest BCUT2D eigenvalue weighted by Gasteiger charge is -2.13. The number of rotatable bonds is 6. The van der Waals surface area contributed by atoms with Gasteiger partial charge in [0, 0.05) is 31.4 Å². The molecule has 0 aliphatic rings. The Balaban J connectivity index is 2.94. The van der Waals surface area contributed by atoms with Gasteiger partial charge in [0.25, 0.3) is 0 Å². The molecule has 10 heteroatoms. The van der Waals surface area contributed by atoms with Crippen molar-refractivity contribution >= 4 is 37.3 Å². The summed E-state index contributed by atoms with van der Waals surface area (Å²) in [6, 6.07) is 2.72. The van der Waals surface area contributed by atoms with Crippen LogP contribution in [0.4, 0.5) is 5.69 Å². The molecule has 0 aromatic heterocycles. The number of halogens is 1. The normalized spacial score (nSPS) is 12.8. The van der Waals surface area contributed by atoms with Gasteiger partial charge in [-0.2, -0.15) is 0 Å². The molecule has 7 nitrogen and oxygen atoms in total. The summed E-state index contributed by atoms with van der Waals surface area (Å²) in [5, 5.41) is 0.194. The van der Waals surface area contributed by atoms with Gasteiger partial charge in [0.05, 0.1) is 10.6 Å². The van der Waals surface area contributed by atoms with Crippen LogP contribution in [0.2, 0.25) is 5.02 Å². The van der Waals surface area contributed by atoms with Gasteiger partial charge in [0.15, 0.2) is 0 Å². The quantitative estimate of drug-likeness (QED) is 0.718. The van der Waals surface area contributed by atoms with E-state index in [4.69, 9.17) is 17.3 Å². The van der Waals surface area contributed by atoms with E-state index in [1.165, 1.54) is 26.2 Å². The van der Waals surface area contributed by atoms with Gasteiger partial charge in [0.1, 0.15) is 0 Å². The van der Waals surface area contributed by atoms with Crippen LogP contribution in [0, 0.1) is 6.92 Å². The van der Waals surface area contributed by atoms with Crippen LogP contribution in [0.15, 0.2) is 17.0 Å². The van der Waals surface area contributed by atoms with Crippen molar-refractivity contribution in [3.63, 3.8) is 0 Å². The van der Waals surface area contributed by atoms with Crippen LogP contribution in [-0.2, 0) is 20.0 Å². The highest BCUT2D eigenvalue weighted by molar-refractivity contribution is 7.90. The van der Waals surface area contributed by atoms with E-state index in [1.807, 2.05) is 0 Å². The molecule has 3 N–H and O–H groups in total. The highest BCUT2D eigenvalue weighted by Gasteiger charge is 2.21. The number of benzene rings is 1. The monoisotopic (exact) mass is 355 g/mol. The molecule has 1 aromatic rings. The zero-order chi connectivity index (χ0) is 16.4. The van der Waals surface area contributed by atoms with Gasteiger partial charge in [-0.15, -0.1) is 0 Å². The third-order valence-electron chi connectivity index (χ3n) is 2.86. The first-order valence-corrected chi connectivity index (χ1v) is 9.40. The summed E-state index contributed by atoms with van der Waals surface area (Å²) in [6.07, 6.45) is 0. The zero-order valence-corrected chi connectivity index (χ0v) is 14.3. The van der Waals surface area contributed by atoms with E-state index >= 15 is 0 Å². The number of nitrogens with one attached hydrogen (secondary N) is 1. The molecule has 0 saturated carbocycles. The number of nitrogen functional groups attached to an aromatic ring is 1. The van der Waals surface area contributed by atoms with Crippen LogP contribution < -0.4 is 10.5 Å². The Morgan fingerprint density at radius 3 is 2.33 bits per heavy atom. The second kappa shape index (κ2) is 6.49. The van der Waals surface area contributed by atoms with E-state index < -0.39 is 20.0 Å². The van der Waals surface area contributed by atoms with Crippen LogP contribution in [0.1, 0.15) is 5.56 Å². The molecule has 120 valence electrons. The van der Waals surface area contributed by atoms with Gasteiger partial charge in [-0.1, -0.05) is 11.6 Å². The summed E-state index contributed by atoms with van der Waals surface area (Å²) in [7, 11) is -4.59. The van der Waals surface area contributed by atoms with E-state index in [-0.39, 0.29) is 27.9 Å². The molecule has 0 fully saturated rings. The van der Waals surface area contributed by atoms with Crippen molar-refractivity contribution in [1.82, 2.24) is 9.03 Å². The molecule has 1 aromatic carbocycles.